The molecule has 2 aromatic heterocycles. The number of aromatic nitrogens is 2. The van der Waals surface area contributed by atoms with E-state index >= 15 is 0 Å². The van der Waals surface area contributed by atoms with Crippen molar-refractivity contribution >= 4 is 11.7 Å². The zero-order chi connectivity index (χ0) is 25.6. The number of aryl methyl sites for hydroxylation is 1. The van der Waals surface area contributed by atoms with Crippen LogP contribution >= 0.6 is 0 Å². The van der Waals surface area contributed by atoms with Crippen LogP contribution in [0.25, 0.3) is 45.0 Å². The number of rotatable bonds is 6. The number of hydrogen-bond acceptors (Lipinski definition) is 5. The minimum absolute atomic E-state index is 0.554. The van der Waals surface area contributed by atoms with E-state index in [4.69, 9.17) is 15.2 Å². The summed E-state index contributed by atoms with van der Waals surface area (Å²) >= 11 is 0. The molecule has 2 heterocycles. The maximum absolute atomic E-state index is 11.6. The average Bonchev–Trinajstić information content (AvgIpc) is 3.67. The first-order chi connectivity index (χ1) is 18.0. The summed E-state index contributed by atoms with van der Waals surface area (Å²) in [6, 6.07) is 29.6. The van der Waals surface area contributed by atoms with Gasteiger partial charge in [-0.3, -0.25) is 4.79 Å². The van der Waals surface area contributed by atoms with E-state index in [1.54, 1.807) is 0 Å². The normalized spacial score (nSPS) is 13.9. The number of carboxylic acids is 1. The zero-order valence-electron chi connectivity index (χ0n) is 20.3. The molecule has 0 atom stereocenters. The Labute approximate surface area is 214 Å². The highest BCUT2D eigenvalue weighted by Crippen LogP contribution is 2.48. The molecule has 6 rings (SSSR count). The Morgan fingerprint density at radius 2 is 1.46 bits per heavy atom. The van der Waals surface area contributed by atoms with Crippen LogP contribution in [0, 0.1) is 6.92 Å². The number of pyridine rings is 1. The number of anilines is 1. The number of aliphatic carboxylic acids is 1. The monoisotopic (exact) mass is 487 g/mol. The summed E-state index contributed by atoms with van der Waals surface area (Å²) < 4.78 is 5.76. The van der Waals surface area contributed by atoms with E-state index in [9.17, 15) is 9.90 Å². The highest BCUT2D eigenvalue weighted by atomic mass is 16.5. The lowest BCUT2D eigenvalue weighted by Crippen LogP contribution is -2.19. The van der Waals surface area contributed by atoms with Crippen molar-refractivity contribution in [1.29, 1.82) is 0 Å². The van der Waals surface area contributed by atoms with Crippen molar-refractivity contribution in [2.24, 2.45) is 0 Å². The molecule has 1 saturated carbocycles. The molecule has 0 bridgehead atoms. The van der Waals surface area contributed by atoms with E-state index in [2.05, 4.69) is 5.16 Å². The summed E-state index contributed by atoms with van der Waals surface area (Å²) in [5.74, 6) is -0.131. The van der Waals surface area contributed by atoms with Crippen LogP contribution in [0.1, 0.15) is 24.1 Å². The van der Waals surface area contributed by atoms with Crippen LogP contribution in [-0.2, 0) is 10.2 Å². The molecule has 37 heavy (non-hydrogen) atoms. The molecule has 1 aliphatic rings. The lowest BCUT2D eigenvalue weighted by atomic mass is 9.93. The molecule has 5 aromatic rings. The van der Waals surface area contributed by atoms with Gasteiger partial charge in [0.25, 0.3) is 0 Å². The van der Waals surface area contributed by atoms with Crippen molar-refractivity contribution in [3.05, 3.63) is 102 Å². The van der Waals surface area contributed by atoms with Crippen LogP contribution in [0.5, 0.6) is 0 Å². The number of carboxylic acid groups (broad SMARTS) is 1. The molecular formula is C31H25N3O3. The first kappa shape index (κ1) is 22.7. The van der Waals surface area contributed by atoms with E-state index in [1.807, 2.05) is 97.9 Å². The molecule has 1 fully saturated rings. The molecule has 3 aromatic carbocycles. The first-order valence-corrected chi connectivity index (χ1v) is 12.2. The van der Waals surface area contributed by atoms with E-state index in [-0.39, 0.29) is 0 Å². The van der Waals surface area contributed by atoms with Gasteiger partial charge in [0.2, 0.25) is 0 Å². The lowest BCUT2D eigenvalue weighted by molar-refractivity contribution is -0.140. The smallest absolute Gasteiger partial charge is 0.314 e. The maximum atomic E-state index is 11.6. The fraction of sp³-hybridized carbons (Fsp3) is 0.129. The van der Waals surface area contributed by atoms with Gasteiger partial charge in [0.1, 0.15) is 0 Å². The van der Waals surface area contributed by atoms with Crippen LogP contribution < -0.4 is 5.73 Å². The standard InChI is InChI=1S/C31H25N3O3/c1-19-27(28-25(32)15-16-26(33-28)22-5-3-2-4-6-22)29(37-34-19)23-9-7-20(8-10-23)21-11-13-24(14-12-21)31(17-18-31)30(35)36/h2-16H,17-18,32H2,1H3,(H,35,36). The predicted molar refractivity (Wildman–Crippen MR) is 144 cm³/mol. The third kappa shape index (κ3) is 3.96. The summed E-state index contributed by atoms with van der Waals surface area (Å²) in [6.07, 6.45) is 1.39. The largest absolute Gasteiger partial charge is 0.481 e. The Bertz CT molecular complexity index is 1600. The highest BCUT2D eigenvalue weighted by Gasteiger charge is 2.51. The average molecular weight is 488 g/mol. The molecular weight excluding hydrogens is 462 g/mol. The quantitative estimate of drug-likeness (QED) is 0.275. The van der Waals surface area contributed by atoms with Crippen molar-refractivity contribution in [3.8, 4) is 45.0 Å². The van der Waals surface area contributed by atoms with Crippen molar-refractivity contribution < 1.29 is 14.4 Å². The summed E-state index contributed by atoms with van der Waals surface area (Å²) in [5.41, 5.74) is 14.0. The van der Waals surface area contributed by atoms with Gasteiger partial charge in [-0.2, -0.15) is 0 Å². The second-order valence-corrected chi connectivity index (χ2v) is 9.51. The minimum atomic E-state index is -0.743. The van der Waals surface area contributed by atoms with Crippen molar-refractivity contribution in [1.82, 2.24) is 10.1 Å². The summed E-state index contributed by atoms with van der Waals surface area (Å²) in [7, 11) is 0. The zero-order valence-corrected chi connectivity index (χ0v) is 20.3. The maximum Gasteiger partial charge on any atom is 0.314 e. The molecule has 3 N–H and O–H groups in total. The first-order valence-electron chi connectivity index (χ1n) is 12.2. The minimum Gasteiger partial charge on any atom is -0.481 e. The van der Waals surface area contributed by atoms with E-state index in [1.165, 1.54) is 0 Å². The van der Waals surface area contributed by atoms with Crippen LogP contribution in [0.15, 0.2) is 95.5 Å². The molecule has 182 valence electrons. The topological polar surface area (TPSA) is 102 Å². The number of benzene rings is 3. The molecule has 0 spiro atoms. The lowest BCUT2D eigenvalue weighted by Gasteiger charge is -2.11. The van der Waals surface area contributed by atoms with Crippen LogP contribution in [-0.4, -0.2) is 21.2 Å². The molecule has 0 aliphatic heterocycles. The number of nitrogens with zero attached hydrogens (tertiary/aromatic N) is 2. The van der Waals surface area contributed by atoms with Crippen LogP contribution in [0.4, 0.5) is 5.69 Å². The van der Waals surface area contributed by atoms with Gasteiger partial charge in [0.05, 0.1) is 33.7 Å². The Balaban J connectivity index is 1.33. The molecule has 1 aliphatic carbocycles. The molecule has 6 heteroatoms. The van der Waals surface area contributed by atoms with E-state index < -0.39 is 11.4 Å². The van der Waals surface area contributed by atoms with Gasteiger partial charge in [-0.25, -0.2) is 4.98 Å². The molecule has 0 saturated heterocycles. The molecule has 6 nitrogen and oxygen atoms in total. The number of carbonyl (C=O) groups is 1. The van der Waals surface area contributed by atoms with Gasteiger partial charge in [-0.05, 0) is 48.6 Å². The third-order valence-corrected chi connectivity index (χ3v) is 7.17. The molecule has 0 radical (unpaired) electrons. The Hall–Kier alpha value is -4.71. The fourth-order valence-electron chi connectivity index (χ4n) is 4.83. The Kier molecular flexibility index (Phi) is 5.37. The summed E-state index contributed by atoms with van der Waals surface area (Å²) in [5, 5.41) is 13.8. The van der Waals surface area contributed by atoms with Gasteiger partial charge in [0, 0.05) is 11.1 Å². The van der Waals surface area contributed by atoms with Crippen LogP contribution in [0.3, 0.4) is 0 Å². The SMILES string of the molecule is Cc1noc(-c2ccc(-c3ccc(C4(C(=O)O)CC4)cc3)cc2)c1-c1nc(-c2ccccc2)ccc1N. The third-order valence-electron chi connectivity index (χ3n) is 7.17. The Morgan fingerprint density at radius 1 is 0.838 bits per heavy atom. The van der Waals surface area contributed by atoms with Gasteiger partial charge in [-0.15, -0.1) is 0 Å². The van der Waals surface area contributed by atoms with Crippen molar-refractivity contribution in [3.63, 3.8) is 0 Å². The van der Waals surface area contributed by atoms with Crippen molar-refractivity contribution in [2.45, 2.75) is 25.2 Å². The summed E-state index contributed by atoms with van der Waals surface area (Å²) in [6.45, 7) is 1.89. The predicted octanol–water partition coefficient (Wildman–Crippen LogP) is 6.74. The number of nitrogens with two attached hydrogens (primary N) is 1. The fourth-order valence-corrected chi connectivity index (χ4v) is 4.83. The van der Waals surface area contributed by atoms with Crippen molar-refractivity contribution in [2.75, 3.05) is 5.73 Å². The molecule has 0 amide bonds. The van der Waals surface area contributed by atoms with Crippen LogP contribution in [0.2, 0.25) is 0 Å². The number of hydrogen-bond donors (Lipinski definition) is 2. The van der Waals surface area contributed by atoms with Gasteiger partial charge < -0.3 is 15.4 Å². The highest BCUT2D eigenvalue weighted by molar-refractivity contribution is 5.87. The Morgan fingerprint density at radius 3 is 2.08 bits per heavy atom. The van der Waals surface area contributed by atoms with E-state index in [0.717, 1.165) is 39.1 Å². The number of nitrogen functional groups attached to an aromatic ring is 1. The summed E-state index contributed by atoms with van der Waals surface area (Å²) in [4.78, 5) is 16.5. The van der Waals surface area contributed by atoms with Gasteiger partial charge in [0.15, 0.2) is 5.76 Å². The van der Waals surface area contributed by atoms with E-state index in [0.29, 0.717) is 35.7 Å². The van der Waals surface area contributed by atoms with Gasteiger partial charge in [-0.1, -0.05) is 84.0 Å². The van der Waals surface area contributed by atoms with Gasteiger partial charge >= 0.3 is 5.97 Å². The second-order valence-electron chi connectivity index (χ2n) is 9.51. The molecule has 0 unspecified atom stereocenters. The second kappa shape index (κ2) is 8.75.